The highest BCUT2D eigenvalue weighted by atomic mass is 35.5. The van der Waals surface area contributed by atoms with Crippen molar-refractivity contribution < 1.29 is 19.0 Å². The van der Waals surface area contributed by atoms with E-state index in [1.54, 1.807) is 24.3 Å². The number of hydrogen-bond donors (Lipinski definition) is 1. The molecule has 4 rings (SSSR count). The Morgan fingerprint density at radius 3 is 2.80 bits per heavy atom. The third kappa shape index (κ3) is 4.85. The molecule has 2 amide bonds. The molecular weight excluding hydrogens is 428 g/mol. The molecule has 0 atom stereocenters. The topological polar surface area (TPSA) is 76.2 Å². The number of anilines is 1. The van der Waals surface area contributed by atoms with Gasteiger partial charge in [0, 0.05) is 23.7 Å². The minimum absolute atomic E-state index is 0.00570. The molecule has 8 nitrogen and oxygen atoms in total. The number of carbonyl (C=O) groups is 1. The second-order valence-electron chi connectivity index (χ2n) is 6.84. The highest BCUT2D eigenvalue weighted by Crippen LogP contribution is 2.33. The van der Waals surface area contributed by atoms with E-state index in [2.05, 4.69) is 9.71 Å². The third-order valence-corrected chi connectivity index (χ3v) is 5.95. The number of fused-ring (bicyclic) bond motifs is 1. The van der Waals surface area contributed by atoms with Gasteiger partial charge in [-0.25, -0.2) is 9.78 Å². The van der Waals surface area contributed by atoms with Crippen LogP contribution in [0.5, 0.6) is 11.6 Å². The first kappa shape index (κ1) is 20.9. The zero-order valence-electron chi connectivity index (χ0n) is 16.6. The summed E-state index contributed by atoms with van der Waals surface area (Å²) in [5, 5.41) is 0.630. The van der Waals surface area contributed by atoms with Gasteiger partial charge in [-0.05, 0) is 36.2 Å². The molecule has 3 heterocycles. The van der Waals surface area contributed by atoms with E-state index in [-0.39, 0.29) is 6.03 Å². The van der Waals surface area contributed by atoms with Crippen LogP contribution in [0, 0.1) is 0 Å². The summed E-state index contributed by atoms with van der Waals surface area (Å²) in [5.74, 6) is 1.29. The molecule has 0 radical (unpaired) electrons. The number of rotatable bonds is 4. The van der Waals surface area contributed by atoms with Crippen LogP contribution in [0.2, 0.25) is 5.02 Å². The predicted octanol–water partition coefficient (Wildman–Crippen LogP) is 3.51. The van der Waals surface area contributed by atoms with Crippen LogP contribution in [-0.4, -0.2) is 67.4 Å². The molecule has 2 aromatic rings. The standard InChI is InChI=1S/C20H23ClN4O4S/c1-27-17-3-2-15(21)11-18(17)30-23-16-10-14-13-25(6-9-29-19(14)22-12-16)20(26)24-4-7-28-8-5-24/h2-3,10-12,23H,4-9,13H2,1H3. The van der Waals surface area contributed by atoms with E-state index >= 15 is 0 Å². The van der Waals surface area contributed by atoms with E-state index in [4.69, 9.17) is 25.8 Å². The van der Waals surface area contributed by atoms with Crippen LogP contribution < -0.4 is 14.2 Å². The second kappa shape index (κ2) is 9.63. The number of carbonyl (C=O) groups excluding carboxylic acids is 1. The lowest BCUT2D eigenvalue weighted by molar-refractivity contribution is 0.0422. The van der Waals surface area contributed by atoms with Crippen molar-refractivity contribution in [1.29, 1.82) is 0 Å². The lowest BCUT2D eigenvalue weighted by Gasteiger charge is -2.32. The van der Waals surface area contributed by atoms with Crippen LogP contribution in [0.15, 0.2) is 35.4 Å². The van der Waals surface area contributed by atoms with E-state index in [1.807, 2.05) is 23.1 Å². The number of nitrogens with zero attached hydrogens (tertiary/aromatic N) is 3. The fourth-order valence-electron chi connectivity index (χ4n) is 3.30. The van der Waals surface area contributed by atoms with Gasteiger partial charge in [0.25, 0.3) is 0 Å². The maximum absolute atomic E-state index is 12.9. The van der Waals surface area contributed by atoms with Gasteiger partial charge in [-0.15, -0.1) is 0 Å². The molecule has 0 spiro atoms. The molecule has 1 N–H and O–H groups in total. The summed E-state index contributed by atoms with van der Waals surface area (Å²) in [6.07, 6.45) is 1.71. The van der Waals surface area contributed by atoms with Crippen LogP contribution in [0.4, 0.5) is 10.5 Å². The largest absolute Gasteiger partial charge is 0.496 e. The van der Waals surface area contributed by atoms with Gasteiger partial charge in [-0.2, -0.15) is 0 Å². The SMILES string of the molecule is COc1ccc(Cl)cc1SNc1cnc2c(c1)CN(C(=O)N1CCOCC1)CCO2. The number of urea groups is 1. The van der Waals surface area contributed by atoms with Crippen LogP contribution in [0.3, 0.4) is 0 Å². The molecule has 0 unspecified atom stereocenters. The molecule has 0 bridgehead atoms. The first-order chi connectivity index (χ1) is 14.6. The number of halogens is 1. The smallest absolute Gasteiger partial charge is 0.320 e. The fraction of sp³-hybridized carbons (Fsp3) is 0.400. The first-order valence-electron chi connectivity index (χ1n) is 9.64. The van der Waals surface area contributed by atoms with Crippen molar-refractivity contribution in [1.82, 2.24) is 14.8 Å². The number of morpholine rings is 1. The highest BCUT2D eigenvalue weighted by Gasteiger charge is 2.26. The van der Waals surface area contributed by atoms with E-state index in [1.165, 1.54) is 11.9 Å². The molecule has 1 saturated heterocycles. The Kier molecular flexibility index (Phi) is 6.71. The molecule has 0 saturated carbocycles. The Morgan fingerprint density at radius 2 is 2.00 bits per heavy atom. The van der Waals surface area contributed by atoms with Crippen molar-refractivity contribution in [3.63, 3.8) is 0 Å². The van der Waals surface area contributed by atoms with Crippen molar-refractivity contribution in [3.8, 4) is 11.6 Å². The summed E-state index contributed by atoms with van der Waals surface area (Å²) in [6.45, 7) is 3.75. The molecule has 160 valence electrons. The van der Waals surface area contributed by atoms with Crippen molar-refractivity contribution in [2.45, 2.75) is 11.4 Å². The van der Waals surface area contributed by atoms with Crippen LogP contribution >= 0.6 is 23.5 Å². The highest BCUT2D eigenvalue weighted by molar-refractivity contribution is 8.00. The lowest BCUT2D eigenvalue weighted by Crippen LogP contribution is -2.48. The van der Waals surface area contributed by atoms with E-state index in [9.17, 15) is 4.79 Å². The molecule has 30 heavy (non-hydrogen) atoms. The summed E-state index contributed by atoms with van der Waals surface area (Å²) in [6, 6.07) is 7.40. The molecule has 2 aliphatic heterocycles. The molecule has 1 fully saturated rings. The monoisotopic (exact) mass is 450 g/mol. The predicted molar refractivity (Wildman–Crippen MR) is 115 cm³/mol. The van der Waals surface area contributed by atoms with E-state index < -0.39 is 0 Å². The Bertz CT molecular complexity index is 910. The molecule has 1 aromatic heterocycles. The lowest BCUT2D eigenvalue weighted by atomic mass is 10.2. The van der Waals surface area contributed by atoms with Crippen LogP contribution in [0.25, 0.3) is 0 Å². The molecule has 10 heteroatoms. The summed E-state index contributed by atoms with van der Waals surface area (Å²) in [5.41, 5.74) is 1.66. The van der Waals surface area contributed by atoms with Gasteiger partial charge in [-0.3, -0.25) is 0 Å². The Morgan fingerprint density at radius 1 is 1.20 bits per heavy atom. The number of amides is 2. The van der Waals surface area contributed by atoms with Gasteiger partial charge in [-0.1, -0.05) is 11.6 Å². The summed E-state index contributed by atoms with van der Waals surface area (Å²) in [4.78, 5) is 21.8. The van der Waals surface area contributed by atoms with Crippen LogP contribution in [0.1, 0.15) is 5.56 Å². The number of hydrogen-bond acceptors (Lipinski definition) is 7. The van der Waals surface area contributed by atoms with Crippen molar-refractivity contribution in [2.24, 2.45) is 0 Å². The number of aromatic nitrogens is 1. The maximum Gasteiger partial charge on any atom is 0.320 e. The van der Waals surface area contributed by atoms with Crippen molar-refractivity contribution in [2.75, 3.05) is 51.3 Å². The quantitative estimate of drug-likeness (QED) is 0.714. The zero-order chi connectivity index (χ0) is 20.9. The van der Waals surface area contributed by atoms with Gasteiger partial charge < -0.3 is 28.7 Å². The minimum atomic E-state index is 0.00570. The number of ether oxygens (including phenoxy) is 3. The van der Waals surface area contributed by atoms with Crippen molar-refractivity contribution >= 4 is 35.3 Å². The number of methoxy groups -OCH3 is 1. The van der Waals surface area contributed by atoms with Gasteiger partial charge >= 0.3 is 6.03 Å². The van der Waals surface area contributed by atoms with E-state index in [0.717, 1.165) is 21.9 Å². The third-order valence-electron chi connectivity index (χ3n) is 4.84. The first-order valence-corrected chi connectivity index (χ1v) is 10.8. The van der Waals surface area contributed by atoms with Gasteiger partial charge in [0.05, 0.1) is 50.2 Å². The average molecular weight is 451 g/mol. The zero-order valence-corrected chi connectivity index (χ0v) is 18.2. The number of pyridine rings is 1. The molecule has 2 aliphatic rings. The molecule has 1 aromatic carbocycles. The number of nitrogens with one attached hydrogen (secondary N) is 1. The minimum Gasteiger partial charge on any atom is -0.496 e. The maximum atomic E-state index is 12.9. The average Bonchev–Trinajstić information content (AvgIpc) is 3.00. The van der Waals surface area contributed by atoms with Crippen LogP contribution in [-0.2, 0) is 11.3 Å². The fourth-order valence-corrected chi connectivity index (χ4v) is 4.31. The van der Waals surface area contributed by atoms with Gasteiger partial charge in [0.1, 0.15) is 12.4 Å². The van der Waals surface area contributed by atoms with Crippen molar-refractivity contribution in [3.05, 3.63) is 41.0 Å². The van der Waals surface area contributed by atoms with E-state index in [0.29, 0.717) is 56.9 Å². The van der Waals surface area contributed by atoms with Gasteiger partial charge in [0.2, 0.25) is 5.88 Å². The molecule has 0 aliphatic carbocycles. The second-order valence-corrected chi connectivity index (χ2v) is 8.12. The summed E-state index contributed by atoms with van der Waals surface area (Å²) >= 11 is 7.49. The summed E-state index contributed by atoms with van der Waals surface area (Å²) in [7, 11) is 1.62. The Hall–Kier alpha value is -2.36. The Labute approximate surface area is 184 Å². The summed E-state index contributed by atoms with van der Waals surface area (Å²) < 4.78 is 19.8. The Balaban J connectivity index is 1.46. The normalized spacial score (nSPS) is 16.3. The number of benzene rings is 1. The van der Waals surface area contributed by atoms with Gasteiger partial charge in [0.15, 0.2) is 0 Å². The molecular formula is C20H23ClN4O4S.